The number of nitriles is 1. The fourth-order valence-electron chi connectivity index (χ4n) is 3.15. The lowest BCUT2D eigenvalue weighted by Crippen LogP contribution is -2.06. The first-order valence-corrected chi connectivity index (χ1v) is 8.68. The van der Waals surface area contributed by atoms with Gasteiger partial charge in [-0.2, -0.15) is 5.26 Å². The molecule has 0 bridgehead atoms. The van der Waals surface area contributed by atoms with E-state index in [2.05, 4.69) is 0 Å². The van der Waals surface area contributed by atoms with Crippen LogP contribution >= 0.6 is 0 Å². The highest BCUT2D eigenvalue weighted by molar-refractivity contribution is 6.14. The molecule has 0 aliphatic rings. The van der Waals surface area contributed by atoms with Gasteiger partial charge in [0.25, 0.3) is 5.69 Å². The molecule has 0 amide bonds. The molecule has 0 aliphatic carbocycles. The predicted molar refractivity (Wildman–Crippen MR) is 106 cm³/mol. The van der Waals surface area contributed by atoms with Gasteiger partial charge in [0.1, 0.15) is 17.5 Å². The van der Waals surface area contributed by atoms with Crippen LogP contribution in [0, 0.1) is 41.1 Å². The number of aryl methyl sites for hydroxylation is 1. The van der Waals surface area contributed by atoms with E-state index in [0.717, 1.165) is 0 Å². The Morgan fingerprint density at radius 3 is 2.41 bits per heavy atom. The number of benzene rings is 2. The van der Waals surface area contributed by atoms with Crippen molar-refractivity contribution >= 4 is 17.5 Å². The lowest BCUT2D eigenvalue weighted by atomic mass is 10.0. The summed E-state index contributed by atoms with van der Waals surface area (Å²) in [5.74, 6) is -0.920. The van der Waals surface area contributed by atoms with Gasteiger partial charge in [-0.15, -0.1) is 0 Å². The third-order valence-electron chi connectivity index (χ3n) is 4.55. The summed E-state index contributed by atoms with van der Waals surface area (Å²) in [6.45, 7) is 3.44. The van der Waals surface area contributed by atoms with Crippen LogP contribution in [0.4, 0.5) is 10.1 Å². The van der Waals surface area contributed by atoms with E-state index in [9.17, 15) is 24.6 Å². The minimum atomic E-state index is -0.526. The van der Waals surface area contributed by atoms with Crippen molar-refractivity contribution in [1.29, 1.82) is 5.26 Å². The van der Waals surface area contributed by atoms with Gasteiger partial charge in [-0.1, -0.05) is 12.1 Å². The van der Waals surface area contributed by atoms with E-state index >= 15 is 0 Å². The first kappa shape index (κ1) is 19.7. The average molecular weight is 389 g/mol. The fraction of sp³-hybridized carbons (Fsp3) is 0.0909. The molecule has 29 heavy (non-hydrogen) atoms. The number of nitro benzene ring substituents is 1. The van der Waals surface area contributed by atoms with E-state index in [1.165, 1.54) is 36.4 Å². The molecule has 2 aromatic carbocycles. The number of hydrogen-bond acceptors (Lipinski definition) is 4. The molecule has 1 aromatic heterocycles. The van der Waals surface area contributed by atoms with Gasteiger partial charge in [-0.3, -0.25) is 14.9 Å². The topological polar surface area (TPSA) is 88.9 Å². The number of halogens is 1. The van der Waals surface area contributed by atoms with Crippen LogP contribution in [0.1, 0.15) is 27.3 Å². The van der Waals surface area contributed by atoms with Crippen molar-refractivity contribution in [2.45, 2.75) is 13.8 Å². The zero-order chi connectivity index (χ0) is 21.1. The van der Waals surface area contributed by atoms with E-state index in [1.807, 2.05) is 6.07 Å². The summed E-state index contributed by atoms with van der Waals surface area (Å²) in [5, 5.41) is 20.2. The number of aromatic nitrogens is 1. The van der Waals surface area contributed by atoms with Gasteiger partial charge in [0, 0.05) is 29.1 Å². The van der Waals surface area contributed by atoms with Crippen molar-refractivity contribution in [1.82, 2.24) is 4.57 Å². The smallest absolute Gasteiger partial charge is 0.269 e. The lowest BCUT2D eigenvalue weighted by molar-refractivity contribution is -0.384. The highest BCUT2D eigenvalue weighted by Crippen LogP contribution is 2.25. The molecule has 0 fully saturated rings. The molecule has 0 saturated heterocycles. The SMILES string of the molecule is Cc1cc(C(=O)C(C#N)=Cc2ccc([N+](=O)[O-])cc2)c(C)n1-c1ccccc1F. The van der Waals surface area contributed by atoms with Gasteiger partial charge in [-0.05, 0) is 55.8 Å². The van der Waals surface area contributed by atoms with Crippen LogP contribution in [0.5, 0.6) is 0 Å². The van der Waals surface area contributed by atoms with Crippen molar-refractivity contribution in [3.05, 3.63) is 98.6 Å². The van der Waals surface area contributed by atoms with Crippen molar-refractivity contribution in [2.24, 2.45) is 0 Å². The second-order valence-electron chi connectivity index (χ2n) is 6.42. The van der Waals surface area contributed by atoms with Gasteiger partial charge in [0.05, 0.1) is 10.6 Å². The van der Waals surface area contributed by atoms with Crippen molar-refractivity contribution in [3.8, 4) is 11.8 Å². The Balaban J connectivity index is 2.01. The molecule has 0 atom stereocenters. The molecular formula is C22H16FN3O3. The zero-order valence-electron chi connectivity index (χ0n) is 15.7. The Hall–Kier alpha value is -4.05. The van der Waals surface area contributed by atoms with Crippen molar-refractivity contribution < 1.29 is 14.1 Å². The summed E-state index contributed by atoms with van der Waals surface area (Å²) < 4.78 is 15.9. The van der Waals surface area contributed by atoms with Gasteiger partial charge >= 0.3 is 0 Å². The summed E-state index contributed by atoms with van der Waals surface area (Å²) in [4.78, 5) is 23.2. The summed E-state index contributed by atoms with van der Waals surface area (Å²) in [5.41, 5.74) is 2.07. The Morgan fingerprint density at radius 1 is 1.17 bits per heavy atom. The number of ketones is 1. The number of nitro groups is 1. The van der Waals surface area contributed by atoms with E-state index in [0.29, 0.717) is 28.2 Å². The van der Waals surface area contributed by atoms with Crippen LogP contribution in [-0.4, -0.2) is 15.3 Å². The van der Waals surface area contributed by atoms with Crippen LogP contribution < -0.4 is 0 Å². The maximum atomic E-state index is 14.2. The van der Waals surface area contributed by atoms with Gasteiger partial charge in [-0.25, -0.2) is 4.39 Å². The third-order valence-corrected chi connectivity index (χ3v) is 4.55. The summed E-state index contributed by atoms with van der Waals surface area (Å²) in [6.07, 6.45) is 1.38. The first-order chi connectivity index (χ1) is 13.8. The largest absolute Gasteiger partial charge is 0.315 e. The number of rotatable bonds is 5. The zero-order valence-corrected chi connectivity index (χ0v) is 15.7. The normalized spacial score (nSPS) is 11.2. The highest BCUT2D eigenvalue weighted by Gasteiger charge is 2.21. The molecular weight excluding hydrogens is 373 g/mol. The molecule has 144 valence electrons. The second kappa shape index (κ2) is 7.90. The molecule has 0 radical (unpaired) electrons. The Kier molecular flexibility index (Phi) is 5.37. The van der Waals surface area contributed by atoms with Crippen molar-refractivity contribution in [2.75, 3.05) is 0 Å². The summed E-state index contributed by atoms with van der Waals surface area (Å²) in [7, 11) is 0. The van der Waals surface area contributed by atoms with Crippen molar-refractivity contribution in [3.63, 3.8) is 0 Å². The van der Waals surface area contributed by atoms with E-state index in [1.54, 1.807) is 42.7 Å². The second-order valence-corrected chi connectivity index (χ2v) is 6.42. The summed E-state index contributed by atoms with van der Waals surface area (Å²) in [6, 6.07) is 15.3. The van der Waals surface area contributed by atoms with Gasteiger partial charge in [0.15, 0.2) is 0 Å². The molecule has 3 rings (SSSR count). The molecule has 1 heterocycles. The first-order valence-electron chi connectivity index (χ1n) is 8.68. The molecule has 0 aliphatic heterocycles. The van der Waals surface area contributed by atoms with Crippen LogP contribution in [0.15, 0.2) is 60.2 Å². The molecule has 0 spiro atoms. The highest BCUT2D eigenvalue weighted by atomic mass is 19.1. The molecule has 0 unspecified atom stereocenters. The Labute approximate surface area is 166 Å². The van der Waals surface area contributed by atoms with E-state index < -0.39 is 16.5 Å². The number of nitrogens with zero attached hydrogens (tertiary/aromatic N) is 3. The number of allylic oxidation sites excluding steroid dienone is 1. The molecule has 7 heteroatoms. The van der Waals surface area contributed by atoms with Crippen LogP contribution in [0.2, 0.25) is 0 Å². The predicted octanol–water partition coefficient (Wildman–Crippen LogP) is 4.93. The van der Waals surface area contributed by atoms with E-state index in [-0.39, 0.29) is 11.3 Å². The number of carbonyl (C=O) groups is 1. The Morgan fingerprint density at radius 2 is 1.83 bits per heavy atom. The van der Waals surface area contributed by atoms with Gasteiger partial charge in [0.2, 0.25) is 5.78 Å². The van der Waals surface area contributed by atoms with E-state index in [4.69, 9.17) is 0 Å². The number of para-hydroxylation sites is 1. The number of hydrogen-bond donors (Lipinski definition) is 0. The number of carbonyl (C=O) groups excluding carboxylic acids is 1. The maximum absolute atomic E-state index is 14.2. The Bertz CT molecular complexity index is 1190. The molecule has 0 N–H and O–H groups in total. The monoisotopic (exact) mass is 389 g/mol. The number of non-ortho nitro benzene ring substituents is 1. The minimum absolute atomic E-state index is 0.0829. The van der Waals surface area contributed by atoms with Gasteiger partial charge < -0.3 is 4.57 Å². The quantitative estimate of drug-likeness (QED) is 0.203. The fourth-order valence-corrected chi connectivity index (χ4v) is 3.15. The summed E-state index contributed by atoms with van der Waals surface area (Å²) >= 11 is 0. The average Bonchev–Trinajstić information content (AvgIpc) is 3.00. The standard InChI is InChI=1S/C22H16FN3O3/c1-14-11-19(15(2)25(14)21-6-4-3-5-20(21)23)22(27)17(13-24)12-16-7-9-18(10-8-16)26(28)29/h3-12H,1-2H3. The molecule has 0 saturated carbocycles. The molecule has 6 nitrogen and oxygen atoms in total. The third kappa shape index (κ3) is 3.82. The molecule has 3 aromatic rings. The van der Waals surface area contributed by atoms with Crippen LogP contribution in [0.3, 0.4) is 0 Å². The van der Waals surface area contributed by atoms with Crippen LogP contribution in [-0.2, 0) is 0 Å². The number of Topliss-reactive ketones (excluding diaryl/α,β-unsaturated/α-hetero) is 1. The minimum Gasteiger partial charge on any atom is -0.315 e. The maximum Gasteiger partial charge on any atom is 0.269 e. The van der Waals surface area contributed by atoms with Crippen LogP contribution in [0.25, 0.3) is 11.8 Å². The lowest BCUT2D eigenvalue weighted by Gasteiger charge is -2.10.